The lowest BCUT2D eigenvalue weighted by Gasteiger charge is -2.15. The molecule has 0 fully saturated rings. The van der Waals surface area contributed by atoms with Gasteiger partial charge in [0.1, 0.15) is 0 Å². The van der Waals surface area contributed by atoms with Crippen LogP contribution in [-0.2, 0) is 17.8 Å². The predicted molar refractivity (Wildman–Crippen MR) is 162 cm³/mol. The summed E-state index contributed by atoms with van der Waals surface area (Å²) in [6, 6.07) is 21.4. The molecule has 1 amide bonds. The van der Waals surface area contributed by atoms with Crippen molar-refractivity contribution >= 4 is 31.0 Å². The van der Waals surface area contributed by atoms with Crippen LogP contribution in [0.3, 0.4) is 0 Å². The van der Waals surface area contributed by atoms with Crippen LogP contribution in [0.1, 0.15) is 34.8 Å². The highest BCUT2D eigenvalue weighted by atomic mass is 19.1. The summed E-state index contributed by atoms with van der Waals surface area (Å²) in [6.45, 7) is 2.12. The SMILES string of the molecule is Cc1nnc(-c2ccc(CNC(=O)CCc3ccc4n3B(F)[N+]3=C(/C=C/C=C/c5ccccc5)C=CC3=C4)cc2)nn1.[F-]. The lowest BCUT2D eigenvalue weighted by atomic mass is 9.96. The zero-order valence-electron chi connectivity index (χ0n) is 23.4. The van der Waals surface area contributed by atoms with Gasteiger partial charge < -0.3 is 10.0 Å². The minimum Gasteiger partial charge on any atom is -1.00 e. The molecule has 0 saturated carbocycles. The molecule has 1 N–H and O–H groups in total. The Balaban J connectivity index is 0.00000368. The Morgan fingerprint density at radius 1 is 0.953 bits per heavy atom. The van der Waals surface area contributed by atoms with Crippen LogP contribution in [0, 0.1) is 6.92 Å². The average Bonchev–Trinajstić information content (AvgIpc) is 3.63. The first-order valence-corrected chi connectivity index (χ1v) is 13.7. The Hall–Kier alpha value is -5.32. The summed E-state index contributed by atoms with van der Waals surface area (Å²) in [5.74, 6) is 0.860. The topological polar surface area (TPSA) is 88.6 Å². The standard InChI is InChI=1S/C32H27BFN7O.FH/c1-23-36-38-32(39-37-23)26-13-11-25(12-14-26)22-35-31(42)20-19-28-16-18-30-21-29-17-15-27(40(29)33(34)41(28)30)10-6-5-9-24-7-3-2-4-8-24;/h2-18,21H,19-20,22H2,1H3;1H/b9-5+,10-6+;. The van der Waals surface area contributed by atoms with Gasteiger partial charge in [-0.05, 0) is 36.6 Å². The van der Waals surface area contributed by atoms with Crippen LogP contribution in [0.5, 0.6) is 0 Å². The largest absolute Gasteiger partial charge is 1.00 e. The van der Waals surface area contributed by atoms with Crippen molar-refractivity contribution < 1.29 is 18.3 Å². The molecule has 2 aliphatic rings. The van der Waals surface area contributed by atoms with Gasteiger partial charge in [0.25, 0.3) is 0 Å². The van der Waals surface area contributed by atoms with E-state index in [2.05, 4.69) is 25.7 Å². The van der Waals surface area contributed by atoms with Gasteiger partial charge in [-0.2, -0.15) is 0 Å². The fourth-order valence-corrected chi connectivity index (χ4v) is 4.92. The first-order chi connectivity index (χ1) is 20.5. The highest BCUT2D eigenvalue weighted by Gasteiger charge is 2.47. The first kappa shape index (κ1) is 29.2. The Kier molecular flexibility index (Phi) is 8.90. The molecule has 0 saturated heterocycles. The summed E-state index contributed by atoms with van der Waals surface area (Å²) in [7, 11) is -1.40. The lowest BCUT2D eigenvalue weighted by Crippen LogP contribution is -3.00. The second-order valence-corrected chi connectivity index (χ2v) is 10.0. The molecule has 0 unspecified atom stereocenters. The Morgan fingerprint density at radius 3 is 2.47 bits per heavy atom. The van der Waals surface area contributed by atoms with Gasteiger partial charge in [-0.15, -0.1) is 20.4 Å². The van der Waals surface area contributed by atoms with Crippen molar-refractivity contribution in [3.63, 3.8) is 0 Å². The Bertz CT molecular complexity index is 1760. The summed E-state index contributed by atoms with van der Waals surface area (Å²) < 4.78 is 19.3. The molecule has 2 aromatic carbocycles. The maximum atomic E-state index is 15.9. The minimum absolute atomic E-state index is 0. The first-order valence-electron chi connectivity index (χ1n) is 13.7. The van der Waals surface area contributed by atoms with Gasteiger partial charge in [0.05, 0.1) is 0 Å². The molecule has 2 aliphatic heterocycles. The number of nitrogens with one attached hydrogen (secondary N) is 1. The van der Waals surface area contributed by atoms with Crippen LogP contribution < -0.4 is 10.0 Å². The van der Waals surface area contributed by atoms with E-state index >= 15 is 4.32 Å². The molecule has 11 heteroatoms. The molecule has 4 aromatic rings. The number of benzene rings is 2. The van der Waals surface area contributed by atoms with Crippen molar-refractivity contribution in [3.05, 3.63) is 131 Å². The van der Waals surface area contributed by atoms with Crippen molar-refractivity contribution in [1.82, 2.24) is 30.2 Å². The van der Waals surface area contributed by atoms with E-state index in [4.69, 9.17) is 0 Å². The minimum atomic E-state index is -1.40. The van der Waals surface area contributed by atoms with E-state index in [0.29, 0.717) is 24.6 Å². The number of fused-ring (bicyclic) bond motifs is 2. The van der Waals surface area contributed by atoms with E-state index in [0.717, 1.165) is 39.5 Å². The normalized spacial score (nSPS) is 13.7. The fraction of sp³-hybridized carbons (Fsp3) is 0.125. The summed E-state index contributed by atoms with van der Waals surface area (Å²) in [6.07, 6.45) is 14.2. The quantitative estimate of drug-likeness (QED) is 0.243. The van der Waals surface area contributed by atoms with Crippen molar-refractivity contribution in [2.24, 2.45) is 0 Å². The number of amides is 1. The molecule has 0 radical (unpaired) electrons. The van der Waals surface area contributed by atoms with E-state index in [1.165, 1.54) is 0 Å². The lowest BCUT2D eigenvalue weighted by molar-refractivity contribution is -0.333. The molecular weight excluding hydrogens is 547 g/mol. The van der Waals surface area contributed by atoms with Gasteiger partial charge in [0.2, 0.25) is 11.7 Å². The molecule has 8 nitrogen and oxygen atoms in total. The van der Waals surface area contributed by atoms with Crippen LogP contribution in [0.2, 0.25) is 0 Å². The van der Waals surface area contributed by atoms with E-state index in [-0.39, 0.29) is 17.0 Å². The van der Waals surface area contributed by atoms with Gasteiger partial charge in [-0.3, -0.25) is 9.27 Å². The molecule has 0 spiro atoms. The average molecular weight is 575 g/mol. The predicted octanol–water partition coefficient (Wildman–Crippen LogP) is 1.75. The monoisotopic (exact) mass is 575 g/mol. The second-order valence-electron chi connectivity index (χ2n) is 10.0. The molecule has 0 atom stereocenters. The number of aryl methyl sites for hydroxylation is 2. The third-order valence-corrected chi connectivity index (χ3v) is 7.09. The molecule has 4 heterocycles. The van der Waals surface area contributed by atoms with Crippen molar-refractivity contribution in [2.45, 2.75) is 26.3 Å². The highest BCUT2D eigenvalue weighted by molar-refractivity contribution is 6.43. The number of hydrogen-bond donors (Lipinski definition) is 1. The van der Waals surface area contributed by atoms with E-state index < -0.39 is 7.26 Å². The van der Waals surface area contributed by atoms with Crippen molar-refractivity contribution in [1.29, 1.82) is 0 Å². The number of aromatic nitrogens is 5. The fourth-order valence-electron chi connectivity index (χ4n) is 4.92. The third kappa shape index (κ3) is 6.61. The van der Waals surface area contributed by atoms with Gasteiger partial charge in [-0.25, -0.2) is 8.80 Å². The number of rotatable bonds is 9. The second kappa shape index (κ2) is 13.1. The maximum Gasteiger partial charge on any atom is 0.846 e. The molecular formula is C32H28BF2N7O. The highest BCUT2D eigenvalue weighted by Crippen LogP contribution is 2.26. The number of hydrogen-bond acceptors (Lipinski definition) is 5. The third-order valence-electron chi connectivity index (χ3n) is 7.09. The molecule has 6 rings (SSSR count). The molecule has 2 aromatic heterocycles. The molecule has 43 heavy (non-hydrogen) atoms. The number of halogens is 2. The summed E-state index contributed by atoms with van der Waals surface area (Å²) in [5, 5.41) is 18.9. The number of carbonyl (C=O) groups is 1. The summed E-state index contributed by atoms with van der Waals surface area (Å²) in [4.78, 5) is 12.7. The zero-order valence-corrected chi connectivity index (χ0v) is 23.4. The molecule has 214 valence electrons. The van der Waals surface area contributed by atoms with Crippen molar-refractivity contribution in [2.75, 3.05) is 0 Å². The van der Waals surface area contributed by atoms with Gasteiger partial charge in [-0.1, -0.05) is 72.8 Å². The van der Waals surface area contributed by atoms with E-state index in [9.17, 15) is 4.79 Å². The van der Waals surface area contributed by atoms with E-state index in [1.807, 2.05) is 109 Å². The number of carbonyl (C=O) groups excluding carboxylic acids is 1. The number of nitrogens with zero attached hydrogens (tertiary/aromatic N) is 6. The maximum absolute atomic E-state index is 15.9. The van der Waals surface area contributed by atoms with Gasteiger partial charge >= 0.3 is 7.26 Å². The van der Waals surface area contributed by atoms with Gasteiger partial charge in [0.15, 0.2) is 17.2 Å². The van der Waals surface area contributed by atoms with Crippen LogP contribution in [-0.4, -0.2) is 48.2 Å². The van der Waals surface area contributed by atoms with E-state index in [1.54, 1.807) is 15.9 Å². The van der Waals surface area contributed by atoms with Crippen LogP contribution in [0.25, 0.3) is 23.5 Å². The molecule has 0 aliphatic carbocycles. The van der Waals surface area contributed by atoms with Crippen LogP contribution in [0.15, 0.2) is 103 Å². The number of allylic oxidation sites excluding steroid dienone is 5. The van der Waals surface area contributed by atoms with Crippen LogP contribution >= 0.6 is 0 Å². The van der Waals surface area contributed by atoms with Crippen LogP contribution in [0.4, 0.5) is 4.32 Å². The van der Waals surface area contributed by atoms with Crippen molar-refractivity contribution in [3.8, 4) is 11.4 Å². The zero-order chi connectivity index (χ0) is 28.9. The summed E-state index contributed by atoms with van der Waals surface area (Å²) in [5.41, 5.74) is 5.96. The Morgan fingerprint density at radius 2 is 1.70 bits per heavy atom. The molecule has 0 bridgehead atoms. The van der Waals surface area contributed by atoms with Gasteiger partial charge in [0, 0.05) is 54.2 Å². The summed E-state index contributed by atoms with van der Waals surface area (Å²) >= 11 is 0. The Labute approximate surface area is 248 Å². The smallest absolute Gasteiger partial charge is 0.846 e.